The van der Waals surface area contributed by atoms with Crippen LogP contribution in [0.3, 0.4) is 0 Å². The molecule has 1 atom stereocenters. The number of hydrogen-bond donors (Lipinski definition) is 2. The van der Waals surface area contributed by atoms with E-state index in [0.717, 1.165) is 74.8 Å². The van der Waals surface area contributed by atoms with E-state index in [4.69, 9.17) is 0 Å². The van der Waals surface area contributed by atoms with Gasteiger partial charge in [0.2, 0.25) is 0 Å². The number of hydrogen-bond acceptors (Lipinski definition) is 3. The third-order valence-corrected chi connectivity index (χ3v) is 7.24. The molecule has 1 heterocycles. The van der Waals surface area contributed by atoms with Crippen LogP contribution in [0.15, 0.2) is 35.1 Å². The molecular formula is C27H33FN2O4. The predicted octanol–water partition coefficient (Wildman–Crippen LogP) is 4.78. The van der Waals surface area contributed by atoms with Gasteiger partial charge in [-0.1, -0.05) is 44.2 Å². The quantitative estimate of drug-likeness (QED) is 0.639. The van der Waals surface area contributed by atoms with E-state index < -0.39 is 23.7 Å². The van der Waals surface area contributed by atoms with Gasteiger partial charge in [0.15, 0.2) is 6.04 Å². The molecule has 0 radical (unpaired) electrons. The molecule has 182 valence electrons. The lowest BCUT2D eigenvalue weighted by atomic mass is 9.88. The van der Waals surface area contributed by atoms with Gasteiger partial charge in [-0.2, -0.15) is 0 Å². The Hall–Kier alpha value is -2.96. The lowest BCUT2D eigenvalue weighted by molar-refractivity contribution is -0.139. The molecule has 2 N–H and O–H groups in total. The standard InChI is InChI=1S/C27H33FN2O4/c28-21-14-12-19(13-15-21)24(27(33)34)29-25(31)22-16-20-10-6-1-2-7-11-23(20)30(26(22)32)17-18-8-4-3-5-9-18/h12-16,18,24H,1-11,17H2,(H,29,31)(H,33,34). The zero-order chi connectivity index (χ0) is 24.1. The predicted molar refractivity (Wildman–Crippen MR) is 127 cm³/mol. The molecule has 7 heteroatoms. The minimum atomic E-state index is -1.37. The smallest absolute Gasteiger partial charge is 0.330 e. The van der Waals surface area contributed by atoms with Gasteiger partial charge in [0.1, 0.15) is 11.4 Å². The van der Waals surface area contributed by atoms with E-state index in [1.54, 1.807) is 6.07 Å². The van der Waals surface area contributed by atoms with E-state index in [-0.39, 0.29) is 16.7 Å². The largest absolute Gasteiger partial charge is 0.479 e. The Morgan fingerprint density at radius 2 is 1.65 bits per heavy atom. The van der Waals surface area contributed by atoms with Crippen LogP contribution in [-0.2, 0) is 24.2 Å². The Balaban J connectivity index is 1.69. The van der Waals surface area contributed by atoms with Crippen molar-refractivity contribution in [2.24, 2.45) is 5.92 Å². The van der Waals surface area contributed by atoms with Crippen LogP contribution in [0, 0.1) is 11.7 Å². The fraction of sp³-hybridized carbons (Fsp3) is 0.519. The maximum absolute atomic E-state index is 13.6. The second-order valence-corrected chi connectivity index (χ2v) is 9.66. The minimum Gasteiger partial charge on any atom is -0.479 e. The average molecular weight is 469 g/mol. The second-order valence-electron chi connectivity index (χ2n) is 9.66. The number of fused-ring (bicyclic) bond motifs is 1. The molecular weight excluding hydrogens is 435 g/mol. The number of carboxylic acid groups (broad SMARTS) is 1. The van der Waals surface area contributed by atoms with Crippen molar-refractivity contribution in [3.63, 3.8) is 0 Å². The number of aliphatic carboxylic acids is 1. The van der Waals surface area contributed by atoms with Crippen molar-refractivity contribution in [2.45, 2.75) is 83.2 Å². The topological polar surface area (TPSA) is 88.4 Å². The highest BCUT2D eigenvalue weighted by atomic mass is 19.1. The molecule has 0 spiro atoms. The Morgan fingerprint density at radius 3 is 2.32 bits per heavy atom. The van der Waals surface area contributed by atoms with Crippen LogP contribution < -0.4 is 10.9 Å². The molecule has 1 fully saturated rings. The number of amides is 1. The van der Waals surface area contributed by atoms with Gasteiger partial charge in [-0.15, -0.1) is 0 Å². The first-order chi connectivity index (χ1) is 16.4. The summed E-state index contributed by atoms with van der Waals surface area (Å²) in [6.07, 6.45) is 11.6. The number of nitrogens with one attached hydrogen (secondary N) is 1. The molecule has 0 bridgehead atoms. The maximum Gasteiger partial charge on any atom is 0.330 e. The number of benzene rings is 1. The van der Waals surface area contributed by atoms with Gasteiger partial charge >= 0.3 is 5.97 Å². The van der Waals surface area contributed by atoms with E-state index in [0.29, 0.717) is 12.5 Å². The van der Waals surface area contributed by atoms with Crippen LogP contribution in [0.1, 0.15) is 91.0 Å². The van der Waals surface area contributed by atoms with E-state index in [1.165, 1.54) is 31.4 Å². The van der Waals surface area contributed by atoms with E-state index in [1.807, 2.05) is 4.57 Å². The maximum atomic E-state index is 13.6. The number of carboxylic acids is 1. The van der Waals surface area contributed by atoms with Crippen LogP contribution in [-0.4, -0.2) is 21.6 Å². The fourth-order valence-electron chi connectivity index (χ4n) is 5.37. The molecule has 1 amide bonds. The first-order valence-corrected chi connectivity index (χ1v) is 12.5. The molecule has 6 nitrogen and oxygen atoms in total. The molecule has 1 unspecified atom stereocenters. The van der Waals surface area contributed by atoms with Gasteiger partial charge < -0.3 is 15.0 Å². The highest BCUT2D eigenvalue weighted by Gasteiger charge is 2.27. The Kier molecular flexibility index (Phi) is 7.80. The third kappa shape index (κ3) is 5.57. The number of aryl methyl sites for hydroxylation is 1. The molecule has 4 rings (SSSR count). The number of aromatic nitrogens is 1. The molecule has 2 aliphatic carbocycles. The Bertz CT molecular complexity index is 1090. The zero-order valence-corrected chi connectivity index (χ0v) is 19.5. The highest BCUT2D eigenvalue weighted by molar-refractivity contribution is 5.96. The normalized spacial score (nSPS) is 17.8. The molecule has 1 saturated carbocycles. The average Bonchev–Trinajstić information content (AvgIpc) is 2.81. The van der Waals surface area contributed by atoms with E-state index in [2.05, 4.69) is 5.32 Å². The van der Waals surface area contributed by atoms with Gasteiger partial charge in [0, 0.05) is 12.2 Å². The second kappa shape index (κ2) is 11.0. The van der Waals surface area contributed by atoms with Crippen molar-refractivity contribution in [3.8, 4) is 0 Å². The molecule has 2 aliphatic rings. The molecule has 0 aliphatic heterocycles. The van der Waals surface area contributed by atoms with Crippen molar-refractivity contribution < 1.29 is 19.1 Å². The summed E-state index contributed by atoms with van der Waals surface area (Å²) in [5.41, 5.74) is 1.96. The lowest BCUT2D eigenvalue weighted by Crippen LogP contribution is -2.40. The number of pyridine rings is 1. The summed E-state index contributed by atoms with van der Waals surface area (Å²) < 4.78 is 15.1. The number of nitrogens with zero attached hydrogens (tertiary/aromatic N) is 1. The third-order valence-electron chi connectivity index (χ3n) is 7.24. The van der Waals surface area contributed by atoms with E-state index in [9.17, 15) is 23.9 Å². The monoisotopic (exact) mass is 468 g/mol. The van der Waals surface area contributed by atoms with Crippen molar-refractivity contribution in [1.29, 1.82) is 0 Å². The first-order valence-electron chi connectivity index (χ1n) is 12.5. The molecule has 2 aromatic rings. The van der Waals surface area contributed by atoms with Crippen molar-refractivity contribution in [3.05, 3.63) is 68.9 Å². The van der Waals surface area contributed by atoms with Gasteiger partial charge in [0.05, 0.1) is 0 Å². The number of rotatable bonds is 6. The SMILES string of the molecule is O=C(NC(C(=O)O)c1ccc(F)cc1)c1cc2c(n(CC3CCCCC3)c1=O)CCCCCC2. The van der Waals surface area contributed by atoms with Crippen LogP contribution in [0.2, 0.25) is 0 Å². The van der Waals surface area contributed by atoms with Crippen molar-refractivity contribution in [1.82, 2.24) is 9.88 Å². The van der Waals surface area contributed by atoms with Gasteiger partial charge in [-0.05, 0) is 73.8 Å². The summed E-state index contributed by atoms with van der Waals surface area (Å²) >= 11 is 0. The minimum absolute atomic E-state index is 0.0107. The van der Waals surface area contributed by atoms with Crippen molar-refractivity contribution in [2.75, 3.05) is 0 Å². The van der Waals surface area contributed by atoms with Gasteiger partial charge in [-0.3, -0.25) is 9.59 Å². The molecule has 1 aromatic heterocycles. The summed E-state index contributed by atoms with van der Waals surface area (Å²) in [6, 6.07) is 5.27. The molecule has 0 saturated heterocycles. The van der Waals surface area contributed by atoms with Gasteiger partial charge in [-0.25, -0.2) is 9.18 Å². The molecule has 34 heavy (non-hydrogen) atoms. The van der Waals surface area contributed by atoms with Crippen LogP contribution >= 0.6 is 0 Å². The highest BCUT2D eigenvalue weighted by Crippen LogP contribution is 2.27. The number of halogens is 1. The molecule has 1 aromatic carbocycles. The van der Waals surface area contributed by atoms with Crippen LogP contribution in [0.5, 0.6) is 0 Å². The summed E-state index contributed by atoms with van der Waals surface area (Å²) in [7, 11) is 0. The summed E-state index contributed by atoms with van der Waals surface area (Å²) in [4.78, 5) is 38.7. The number of carbonyl (C=O) groups is 2. The van der Waals surface area contributed by atoms with E-state index >= 15 is 0 Å². The lowest BCUT2D eigenvalue weighted by Gasteiger charge is -2.27. The fourth-order valence-corrected chi connectivity index (χ4v) is 5.37. The summed E-state index contributed by atoms with van der Waals surface area (Å²) in [6.45, 7) is 0.614. The zero-order valence-electron chi connectivity index (χ0n) is 19.5. The van der Waals surface area contributed by atoms with Gasteiger partial charge in [0.25, 0.3) is 11.5 Å². The summed E-state index contributed by atoms with van der Waals surface area (Å²) in [5, 5.41) is 12.2. The Morgan fingerprint density at radius 1 is 1.00 bits per heavy atom. The first kappa shape index (κ1) is 24.2. The number of carbonyl (C=O) groups excluding carboxylic acids is 1. The van der Waals surface area contributed by atoms with Crippen LogP contribution in [0.25, 0.3) is 0 Å². The van der Waals surface area contributed by atoms with Crippen molar-refractivity contribution >= 4 is 11.9 Å². The Labute approximate surface area is 199 Å². The summed E-state index contributed by atoms with van der Waals surface area (Å²) in [5.74, 6) is -2.05. The van der Waals surface area contributed by atoms with Crippen LogP contribution in [0.4, 0.5) is 4.39 Å².